The molecule has 0 saturated carbocycles. The first-order chi connectivity index (χ1) is 16.8. The number of rotatable bonds is 7. The number of nitrogens with zero attached hydrogens (tertiary/aromatic N) is 3. The maximum absolute atomic E-state index is 12.2. The number of benzene rings is 2. The lowest BCUT2D eigenvalue weighted by atomic mass is 9.94. The van der Waals surface area contributed by atoms with Gasteiger partial charge < -0.3 is 25.5 Å². The Hall–Kier alpha value is -4.24. The fraction of sp³-hybridized carbons (Fsp3) is 0.231. The second-order valence-corrected chi connectivity index (χ2v) is 9.00. The van der Waals surface area contributed by atoms with Crippen molar-refractivity contribution in [2.45, 2.75) is 32.4 Å². The molecule has 0 fully saturated rings. The molecule has 0 unspecified atom stereocenters. The van der Waals surface area contributed by atoms with E-state index in [1.807, 2.05) is 68.4 Å². The Labute approximate surface area is 202 Å². The zero-order valence-corrected chi connectivity index (χ0v) is 19.7. The minimum Gasteiger partial charge on any atom is -0.421 e. The average molecular weight is 471 g/mol. The first-order valence-corrected chi connectivity index (χ1v) is 11.3. The van der Waals surface area contributed by atoms with Crippen molar-refractivity contribution in [3.8, 4) is 11.5 Å². The highest BCUT2D eigenvalue weighted by Crippen LogP contribution is 2.35. The number of carbonyl (C=O) groups excluding carboxylic acids is 1. The molecule has 4 aromatic rings. The molecule has 5 rings (SSSR count). The number of hydrogen-bond donors (Lipinski definition) is 4. The van der Waals surface area contributed by atoms with Crippen LogP contribution in [0, 0.1) is 6.92 Å². The molecule has 4 N–H and O–H groups in total. The Morgan fingerprint density at radius 1 is 1.09 bits per heavy atom. The molecule has 0 bridgehead atoms. The van der Waals surface area contributed by atoms with Crippen LogP contribution in [-0.4, -0.2) is 32.8 Å². The fourth-order valence-electron chi connectivity index (χ4n) is 4.23. The van der Waals surface area contributed by atoms with Crippen LogP contribution in [0.1, 0.15) is 47.3 Å². The van der Waals surface area contributed by atoms with Crippen LogP contribution in [0.5, 0.6) is 0 Å². The van der Waals surface area contributed by atoms with Crippen LogP contribution in [0.4, 0.5) is 17.2 Å². The summed E-state index contributed by atoms with van der Waals surface area (Å²) in [7, 11) is 0. The molecular weight excluding hydrogens is 444 g/mol. The standard InChI is InChI=1S/C26H26N6O3/c1-15-31-32-25(35-15)19-13-27-23(12-21(19)29-22(14-33)16-7-5-4-6-8-16)28-17-9-10-18-20(11-17)26(2,3)30-24(18)34/h4-13,22,33H,14H2,1-3H3,(H,30,34)(H2,27,28,29)/t22-/m1/s1. The van der Waals surface area contributed by atoms with Gasteiger partial charge in [0.05, 0.1) is 29.4 Å². The molecule has 1 atom stereocenters. The van der Waals surface area contributed by atoms with Crippen LogP contribution < -0.4 is 16.0 Å². The molecule has 0 saturated heterocycles. The van der Waals surface area contributed by atoms with Crippen LogP contribution in [-0.2, 0) is 5.54 Å². The van der Waals surface area contributed by atoms with E-state index in [4.69, 9.17) is 4.42 Å². The zero-order chi connectivity index (χ0) is 24.6. The van der Waals surface area contributed by atoms with E-state index in [1.54, 1.807) is 13.1 Å². The maximum Gasteiger partial charge on any atom is 0.252 e. The van der Waals surface area contributed by atoms with Gasteiger partial charge in [0, 0.05) is 30.4 Å². The van der Waals surface area contributed by atoms with Crippen molar-refractivity contribution >= 4 is 23.1 Å². The van der Waals surface area contributed by atoms with E-state index >= 15 is 0 Å². The van der Waals surface area contributed by atoms with Gasteiger partial charge in [-0.2, -0.15) is 0 Å². The quantitative estimate of drug-likeness (QED) is 0.315. The van der Waals surface area contributed by atoms with E-state index in [2.05, 4.69) is 31.1 Å². The van der Waals surface area contributed by atoms with Crippen molar-refractivity contribution in [3.63, 3.8) is 0 Å². The van der Waals surface area contributed by atoms with Gasteiger partial charge in [-0.05, 0) is 43.2 Å². The molecular formula is C26H26N6O3. The number of nitrogens with one attached hydrogen (secondary N) is 3. The predicted molar refractivity (Wildman–Crippen MR) is 132 cm³/mol. The van der Waals surface area contributed by atoms with E-state index in [9.17, 15) is 9.90 Å². The van der Waals surface area contributed by atoms with Gasteiger partial charge in [-0.1, -0.05) is 30.3 Å². The molecule has 0 radical (unpaired) electrons. The van der Waals surface area contributed by atoms with Crippen LogP contribution in [0.2, 0.25) is 0 Å². The lowest BCUT2D eigenvalue weighted by Gasteiger charge is -2.21. The maximum atomic E-state index is 12.2. The van der Waals surface area contributed by atoms with E-state index < -0.39 is 5.54 Å². The first kappa shape index (κ1) is 22.5. The third kappa shape index (κ3) is 4.45. The number of anilines is 3. The van der Waals surface area contributed by atoms with Crippen LogP contribution in [0.25, 0.3) is 11.5 Å². The Morgan fingerprint density at radius 3 is 2.60 bits per heavy atom. The van der Waals surface area contributed by atoms with Crippen LogP contribution >= 0.6 is 0 Å². The summed E-state index contributed by atoms with van der Waals surface area (Å²) in [5, 5.41) is 27.9. The smallest absolute Gasteiger partial charge is 0.252 e. The normalized spacial score (nSPS) is 14.8. The van der Waals surface area contributed by atoms with Crippen molar-refractivity contribution in [1.82, 2.24) is 20.5 Å². The van der Waals surface area contributed by atoms with E-state index in [0.717, 1.165) is 16.8 Å². The summed E-state index contributed by atoms with van der Waals surface area (Å²) in [6.45, 7) is 5.56. The molecule has 35 heavy (non-hydrogen) atoms. The average Bonchev–Trinajstić information content (AvgIpc) is 3.37. The molecule has 1 amide bonds. The topological polar surface area (TPSA) is 125 Å². The number of hydrogen-bond acceptors (Lipinski definition) is 8. The summed E-state index contributed by atoms with van der Waals surface area (Å²) in [4.78, 5) is 16.8. The third-order valence-electron chi connectivity index (χ3n) is 6.01. The molecule has 2 aromatic carbocycles. The molecule has 9 nitrogen and oxygen atoms in total. The van der Waals surface area contributed by atoms with Gasteiger partial charge in [0.1, 0.15) is 5.82 Å². The molecule has 0 spiro atoms. The Bertz CT molecular complexity index is 1380. The first-order valence-electron chi connectivity index (χ1n) is 11.3. The van der Waals surface area contributed by atoms with Gasteiger partial charge in [0.15, 0.2) is 0 Å². The number of fused-ring (bicyclic) bond motifs is 1. The molecule has 178 valence electrons. The third-order valence-corrected chi connectivity index (χ3v) is 6.01. The molecule has 1 aliphatic rings. The van der Waals surface area contributed by atoms with Crippen molar-refractivity contribution in [2.75, 3.05) is 17.2 Å². The molecule has 3 heterocycles. The minimum absolute atomic E-state index is 0.0728. The monoisotopic (exact) mass is 470 g/mol. The second-order valence-electron chi connectivity index (χ2n) is 9.00. The van der Waals surface area contributed by atoms with Gasteiger partial charge in [-0.25, -0.2) is 4.98 Å². The van der Waals surface area contributed by atoms with Gasteiger partial charge in [0.2, 0.25) is 5.89 Å². The highest BCUT2D eigenvalue weighted by atomic mass is 16.4. The van der Waals surface area contributed by atoms with E-state index in [0.29, 0.717) is 34.4 Å². The van der Waals surface area contributed by atoms with Crippen LogP contribution in [0.15, 0.2) is 65.2 Å². The molecule has 9 heteroatoms. The van der Waals surface area contributed by atoms with Crippen molar-refractivity contribution in [2.24, 2.45) is 0 Å². The lowest BCUT2D eigenvalue weighted by molar-refractivity contribution is 0.0940. The highest BCUT2D eigenvalue weighted by Gasteiger charge is 2.35. The number of aryl methyl sites for hydroxylation is 1. The summed E-state index contributed by atoms with van der Waals surface area (Å²) in [5.74, 6) is 1.28. The summed E-state index contributed by atoms with van der Waals surface area (Å²) >= 11 is 0. The van der Waals surface area contributed by atoms with Crippen molar-refractivity contribution in [1.29, 1.82) is 0 Å². The van der Waals surface area contributed by atoms with Crippen LogP contribution in [0.3, 0.4) is 0 Å². The zero-order valence-electron chi connectivity index (χ0n) is 19.7. The molecule has 0 aliphatic carbocycles. The minimum atomic E-state index is -0.450. The van der Waals surface area contributed by atoms with Gasteiger partial charge in [-0.3, -0.25) is 4.79 Å². The Balaban J connectivity index is 1.50. The predicted octanol–water partition coefficient (Wildman–Crippen LogP) is 4.31. The number of aliphatic hydroxyl groups excluding tert-OH is 1. The second kappa shape index (κ2) is 8.84. The lowest BCUT2D eigenvalue weighted by Crippen LogP contribution is -2.32. The van der Waals surface area contributed by atoms with Gasteiger partial charge in [0.25, 0.3) is 11.8 Å². The number of carbonyl (C=O) groups is 1. The van der Waals surface area contributed by atoms with Gasteiger partial charge in [-0.15, -0.1) is 10.2 Å². The van der Waals surface area contributed by atoms with Crippen molar-refractivity contribution in [3.05, 3.63) is 83.4 Å². The number of aromatic nitrogens is 3. The SMILES string of the molecule is Cc1nnc(-c2cnc(Nc3ccc4c(c3)C(C)(C)NC4=O)cc2N[C@H](CO)c2ccccc2)o1. The Morgan fingerprint density at radius 2 is 1.89 bits per heavy atom. The number of pyridine rings is 1. The fourth-order valence-corrected chi connectivity index (χ4v) is 4.23. The largest absolute Gasteiger partial charge is 0.421 e. The molecule has 1 aliphatic heterocycles. The van der Waals surface area contributed by atoms with Gasteiger partial charge >= 0.3 is 0 Å². The van der Waals surface area contributed by atoms with Crippen molar-refractivity contribution < 1.29 is 14.3 Å². The summed E-state index contributed by atoms with van der Waals surface area (Å²) in [6, 6.07) is 16.8. The Kier molecular flexibility index (Phi) is 5.70. The summed E-state index contributed by atoms with van der Waals surface area (Å²) < 4.78 is 5.65. The highest BCUT2D eigenvalue weighted by molar-refractivity contribution is 6.00. The van der Waals surface area contributed by atoms with E-state index in [-0.39, 0.29) is 18.6 Å². The summed E-state index contributed by atoms with van der Waals surface area (Å²) in [6.07, 6.45) is 1.65. The van der Waals surface area contributed by atoms with E-state index in [1.165, 1.54) is 0 Å². The summed E-state index contributed by atoms with van der Waals surface area (Å²) in [5.41, 5.74) is 4.18. The number of aliphatic hydroxyl groups is 1. The molecule has 2 aromatic heterocycles. The number of amides is 1.